The molecule has 0 saturated heterocycles. The lowest BCUT2D eigenvalue weighted by Crippen LogP contribution is -2.03. The van der Waals surface area contributed by atoms with Gasteiger partial charge in [-0.15, -0.1) is 12.6 Å². The average molecular weight is 191 g/mol. The van der Waals surface area contributed by atoms with E-state index < -0.39 is 0 Å². The number of ether oxygens (including phenoxy) is 1. The van der Waals surface area contributed by atoms with E-state index in [9.17, 15) is 0 Å². The molecular formula is C12H20BO. The molecule has 0 unspecified atom stereocenters. The van der Waals surface area contributed by atoms with Crippen LogP contribution in [0.15, 0.2) is 23.9 Å². The lowest BCUT2D eigenvalue weighted by molar-refractivity contribution is 0.201. The van der Waals surface area contributed by atoms with Crippen molar-refractivity contribution in [2.75, 3.05) is 6.61 Å². The lowest BCUT2D eigenvalue weighted by Gasteiger charge is -2.20. The van der Waals surface area contributed by atoms with Crippen molar-refractivity contribution in [2.24, 2.45) is 0 Å². The molecule has 0 amide bonds. The number of hydrogen-bond donors (Lipinski definition) is 0. The van der Waals surface area contributed by atoms with Crippen LogP contribution in [-0.2, 0) is 4.74 Å². The maximum Gasteiger partial charge on any atom is 0.140 e. The Morgan fingerprint density at radius 2 is 2.29 bits per heavy atom. The van der Waals surface area contributed by atoms with E-state index in [2.05, 4.69) is 20.8 Å². The number of hydrogen-bond acceptors (Lipinski definition) is 1. The highest BCUT2D eigenvalue weighted by Crippen LogP contribution is 2.28. The SMILES string of the molecule is C=C[B]CCCCOC(C)=C1CCC1. The highest BCUT2D eigenvalue weighted by molar-refractivity contribution is 6.41. The predicted molar refractivity (Wildman–Crippen MR) is 62.5 cm³/mol. The van der Waals surface area contributed by atoms with Gasteiger partial charge in [0.15, 0.2) is 0 Å². The molecule has 1 rings (SSSR count). The fourth-order valence-electron chi connectivity index (χ4n) is 1.52. The molecule has 0 N–H and O–H groups in total. The molecule has 0 aromatic rings. The van der Waals surface area contributed by atoms with Crippen molar-refractivity contribution in [1.29, 1.82) is 0 Å². The van der Waals surface area contributed by atoms with Gasteiger partial charge in [-0.1, -0.05) is 12.7 Å². The van der Waals surface area contributed by atoms with Gasteiger partial charge in [-0.3, -0.25) is 0 Å². The fraction of sp³-hybridized carbons (Fsp3) is 0.667. The molecular weight excluding hydrogens is 171 g/mol. The van der Waals surface area contributed by atoms with Crippen LogP contribution in [0.5, 0.6) is 0 Å². The summed E-state index contributed by atoms with van der Waals surface area (Å²) in [7, 11) is 2.11. The Balaban J connectivity index is 1.95. The predicted octanol–water partition coefficient (Wildman–Crippen LogP) is 3.51. The van der Waals surface area contributed by atoms with Gasteiger partial charge in [-0.2, -0.15) is 0 Å². The molecule has 14 heavy (non-hydrogen) atoms. The number of unbranched alkanes of at least 4 members (excludes halogenated alkanes) is 1. The van der Waals surface area contributed by atoms with E-state index in [1.54, 1.807) is 0 Å². The van der Waals surface area contributed by atoms with Gasteiger partial charge >= 0.3 is 0 Å². The summed E-state index contributed by atoms with van der Waals surface area (Å²) in [6.45, 7) is 6.63. The van der Waals surface area contributed by atoms with Crippen molar-refractivity contribution in [3.05, 3.63) is 23.9 Å². The first-order valence-electron chi connectivity index (χ1n) is 5.60. The molecule has 1 aliphatic carbocycles. The fourth-order valence-corrected chi connectivity index (χ4v) is 1.52. The summed E-state index contributed by atoms with van der Waals surface area (Å²) in [5.74, 6) is 3.05. The van der Waals surface area contributed by atoms with Crippen LogP contribution in [-0.4, -0.2) is 13.9 Å². The molecule has 0 aromatic carbocycles. The van der Waals surface area contributed by atoms with Gasteiger partial charge in [0.2, 0.25) is 0 Å². The van der Waals surface area contributed by atoms with Crippen LogP contribution in [0.25, 0.3) is 0 Å². The summed E-state index contributed by atoms with van der Waals surface area (Å²) >= 11 is 0. The molecule has 2 heteroatoms. The van der Waals surface area contributed by atoms with Crippen LogP contribution < -0.4 is 0 Å². The molecule has 1 saturated carbocycles. The molecule has 77 valence electrons. The molecule has 0 heterocycles. The van der Waals surface area contributed by atoms with Crippen LogP contribution in [0.2, 0.25) is 6.32 Å². The highest BCUT2D eigenvalue weighted by Gasteiger charge is 2.12. The zero-order chi connectivity index (χ0) is 10.2. The molecule has 0 aliphatic heterocycles. The summed E-state index contributed by atoms with van der Waals surface area (Å²) in [6.07, 6.45) is 7.35. The molecule has 0 aromatic heterocycles. The van der Waals surface area contributed by atoms with Gasteiger partial charge < -0.3 is 4.74 Å². The molecule has 1 fully saturated rings. The Bertz CT molecular complexity index is 202. The minimum absolute atomic E-state index is 0.875. The molecule has 1 nitrogen and oxygen atoms in total. The Labute approximate surface area is 88.5 Å². The second kappa shape index (κ2) is 6.75. The first kappa shape index (κ1) is 11.4. The third kappa shape index (κ3) is 4.04. The van der Waals surface area contributed by atoms with E-state index in [1.165, 1.54) is 37.0 Å². The van der Waals surface area contributed by atoms with Crippen molar-refractivity contribution in [2.45, 2.75) is 45.3 Å². The first-order chi connectivity index (χ1) is 6.84. The second-order valence-electron chi connectivity index (χ2n) is 3.83. The van der Waals surface area contributed by atoms with E-state index in [0.29, 0.717) is 0 Å². The highest BCUT2D eigenvalue weighted by atomic mass is 16.5. The monoisotopic (exact) mass is 191 g/mol. The van der Waals surface area contributed by atoms with Crippen molar-refractivity contribution >= 4 is 7.28 Å². The van der Waals surface area contributed by atoms with E-state index in [-0.39, 0.29) is 0 Å². The smallest absolute Gasteiger partial charge is 0.140 e. The van der Waals surface area contributed by atoms with E-state index in [4.69, 9.17) is 4.74 Å². The lowest BCUT2D eigenvalue weighted by atomic mass is 9.74. The first-order valence-corrected chi connectivity index (χ1v) is 5.60. The number of allylic oxidation sites excluding steroid dienone is 2. The number of rotatable bonds is 7. The van der Waals surface area contributed by atoms with Crippen molar-refractivity contribution < 1.29 is 4.74 Å². The molecule has 0 bridgehead atoms. The van der Waals surface area contributed by atoms with Crippen molar-refractivity contribution in [3.8, 4) is 0 Å². The van der Waals surface area contributed by atoms with Crippen LogP contribution in [0.3, 0.4) is 0 Å². The van der Waals surface area contributed by atoms with Crippen molar-refractivity contribution in [1.82, 2.24) is 0 Å². The van der Waals surface area contributed by atoms with Gasteiger partial charge in [0.1, 0.15) is 7.28 Å². The molecule has 0 atom stereocenters. The maximum atomic E-state index is 5.67. The summed E-state index contributed by atoms with van der Waals surface area (Å²) in [5, 5.41) is 0. The van der Waals surface area contributed by atoms with Gasteiger partial charge in [0, 0.05) is 0 Å². The Hall–Kier alpha value is -0.655. The molecule has 1 aliphatic rings. The summed E-state index contributed by atoms with van der Waals surface area (Å²) < 4.78 is 5.67. The van der Waals surface area contributed by atoms with Gasteiger partial charge in [0.05, 0.1) is 12.4 Å². The van der Waals surface area contributed by atoms with Gasteiger partial charge in [0.25, 0.3) is 0 Å². The zero-order valence-electron chi connectivity index (χ0n) is 9.22. The van der Waals surface area contributed by atoms with E-state index in [1.807, 2.05) is 5.98 Å². The molecule has 0 spiro atoms. The van der Waals surface area contributed by atoms with E-state index >= 15 is 0 Å². The minimum Gasteiger partial charge on any atom is -0.498 e. The van der Waals surface area contributed by atoms with Gasteiger partial charge in [-0.25, -0.2) is 0 Å². The maximum absolute atomic E-state index is 5.67. The van der Waals surface area contributed by atoms with Crippen LogP contribution in [0, 0.1) is 0 Å². The minimum atomic E-state index is 0.875. The Morgan fingerprint density at radius 1 is 1.50 bits per heavy atom. The van der Waals surface area contributed by atoms with Gasteiger partial charge in [-0.05, 0) is 38.2 Å². The summed E-state index contributed by atoms with van der Waals surface area (Å²) in [6, 6.07) is 0. The Morgan fingerprint density at radius 3 is 2.86 bits per heavy atom. The van der Waals surface area contributed by atoms with Crippen molar-refractivity contribution in [3.63, 3.8) is 0 Å². The second-order valence-corrected chi connectivity index (χ2v) is 3.83. The van der Waals surface area contributed by atoms with Crippen LogP contribution >= 0.6 is 0 Å². The third-order valence-electron chi connectivity index (χ3n) is 2.71. The summed E-state index contributed by atoms with van der Waals surface area (Å²) in [5.41, 5.74) is 1.53. The zero-order valence-corrected chi connectivity index (χ0v) is 9.22. The third-order valence-corrected chi connectivity index (χ3v) is 2.71. The Kier molecular flexibility index (Phi) is 5.50. The topological polar surface area (TPSA) is 9.23 Å². The molecule has 1 radical (unpaired) electrons. The standard InChI is InChI=1S/C12H20BO/c1-3-13-9-4-5-10-14-11(2)12-7-6-8-12/h3H,1,4-10H2,2H3. The largest absolute Gasteiger partial charge is 0.498 e. The van der Waals surface area contributed by atoms with Crippen LogP contribution in [0.1, 0.15) is 39.0 Å². The quantitative estimate of drug-likeness (QED) is 0.340. The average Bonchev–Trinajstić information content (AvgIpc) is 2.08. The van der Waals surface area contributed by atoms with Crippen LogP contribution in [0.4, 0.5) is 0 Å². The van der Waals surface area contributed by atoms with E-state index in [0.717, 1.165) is 19.3 Å². The normalized spacial score (nSPS) is 14.5. The summed E-state index contributed by atoms with van der Waals surface area (Å²) in [4.78, 5) is 0.